The van der Waals surface area contributed by atoms with Gasteiger partial charge in [0.05, 0.1) is 0 Å². The lowest BCUT2D eigenvalue weighted by molar-refractivity contribution is 0.719. The van der Waals surface area contributed by atoms with Gasteiger partial charge in [0.2, 0.25) is 0 Å². The van der Waals surface area contributed by atoms with Crippen LogP contribution in [0, 0.1) is 19.8 Å². The smallest absolute Gasteiger partial charge is 0.0490 e. The van der Waals surface area contributed by atoms with E-state index < -0.39 is 0 Å². The third kappa shape index (κ3) is 5.28. The van der Waals surface area contributed by atoms with E-state index in [1.807, 2.05) is 18.2 Å². The summed E-state index contributed by atoms with van der Waals surface area (Å²) in [4.78, 5) is 4.60. The first-order valence-electron chi connectivity index (χ1n) is 12.6. The van der Waals surface area contributed by atoms with Crippen molar-refractivity contribution in [2.24, 2.45) is 5.92 Å². The molecule has 0 bridgehead atoms. The molecular weight excluding hydrogens is 436 g/mol. The summed E-state index contributed by atoms with van der Waals surface area (Å²) in [6.45, 7) is 16.8. The van der Waals surface area contributed by atoms with Crippen molar-refractivity contribution in [1.29, 1.82) is 0 Å². The summed E-state index contributed by atoms with van der Waals surface area (Å²) < 4.78 is 0. The highest BCUT2D eigenvalue weighted by molar-refractivity contribution is 5.77. The van der Waals surface area contributed by atoms with E-state index in [9.17, 15) is 0 Å². The quantitative estimate of drug-likeness (QED) is 0.301. The molecule has 4 rings (SSSR count). The Labute approximate surface area is 216 Å². The number of allylic oxidation sites excluding steroid dienone is 6. The van der Waals surface area contributed by atoms with Crippen molar-refractivity contribution in [2.75, 3.05) is 9.80 Å². The van der Waals surface area contributed by atoms with Crippen LogP contribution < -0.4 is 9.80 Å². The Hall–Kier alpha value is -4.04. The summed E-state index contributed by atoms with van der Waals surface area (Å²) in [5.41, 5.74) is 10.5. The van der Waals surface area contributed by atoms with Crippen molar-refractivity contribution < 1.29 is 0 Å². The number of hydrogen-bond acceptors (Lipinski definition) is 2. The van der Waals surface area contributed by atoms with E-state index >= 15 is 0 Å². The maximum absolute atomic E-state index is 4.08. The third-order valence-corrected chi connectivity index (χ3v) is 6.59. The van der Waals surface area contributed by atoms with Gasteiger partial charge in [-0.05, 0) is 98.9 Å². The second kappa shape index (κ2) is 11.1. The minimum Gasteiger partial charge on any atom is -0.311 e. The van der Waals surface area contributed by atoms with Crippen LogP contribution in [0.5, 0.6) is 0 Å². The van der Waals surface area contributed by atoms with Gasteiger partial charge in [-0.2, -0.15) is 0 Å². The molecule has 2 nitrogen and oxygen atoms in total. The summed E-state index contributed by atoms with van der Waals surface area (Å²) in [5.74, 6) is 0.564. The van der Waals surface area contributed by atoms with Crippen LogP contribution in [0.2, 0.25) is 0 Å². The number of hydrogen-bond donors (Lipinski definition) is 0. The fourth-order valence-corrected chi connectivity index (χ4v) is 4.90. The molecule has 0 saturated carbocycles. The minimum absolute atomic E-state index is 0.564. The molecule has 0 radical (unpaired) electrons. The van der Waals surface area contributed by atoms with E-state index in [0.29, 0.717) is 5.92 Å². The van der Waals surface area contributed by atoms with Gasteiger partial charge in [-0.15, -0.1) is 0 Å². The monoisotopic (exact) mass is 472 g/mol. The van der Waals surface area contributed by atoms with E-state index in [1.165, 1.54) is 22.4 Å². The Kier molecular flexibility index (Phi) is 7.75. The zero-order chi connectivity index (χ0) is 25.7. The van der Waals surface area contributed by atoms with Crippen LogP contribution in [0.4, 0.5) is 22.7 Å². The average molecular weight is 473 g/mol. The number of anilines is 4. The van der Waals surface area contributed by atoms with Crippen molar-refractivity contribution in [3.05, 3.63) is 144 Å². The molecule has 2 heteroatoms. The van der Waals surface area contributed by atoms with E-state index in [4.69, 9.17) is 0 Å². The highest BCUT2D eigenvalue weighted by Gasteiger charge is 2.21. The Morgan fingerprint density at radius 1 is 0.861 bits per heavy atom. The lowest BCUT2D eigenvalue weighted by Crippen LogP contribution is -2.20. The van der Waals surface area contributed by atoms with Crippen LogP contribution in [0.25, 0.3) is 0 Å². The molecule has 182 valence electrons. The van der Waals surface area contributed by atoms with Gasteiger partial charge in [-0.3, -0.25) is 0 Å². The van der Waals surface area contributed by atoms with E-state index in [1.54, 1.807) is 0 Å². The van der Waals surface area contributed by atoms with Crippen LogP contribution in [-0.4, -0.2) is 0 Å². The zero-order valence-corrected chi connectivity index (χ0v) is 21.9. The first-order valence-corrected chi connectivity index (χ1v) is 12.6. The van der Waals surface area contributed by atoms with Crippen LogP contribution in [0.3, 0.4) is 0 Å². The normalized spacial score (nSPS) is 15.6. The maximum atomic E-state index is 4.08. The standard InChI is InChI=1S/C34H36N2/c1-7-12-29(8-2)35(33-21-15-25(3)23-27(33)5)31-17-19-32(20-18-31)36(30-13-10-9-11-14-30)34-22-16-26(4)24-28(34)6/h7-15,17-24,26H,1-2,16H2,3-6H3/b29-12+. The largest absolute Gasteiger partial charge is 0.311 e. The van der Waals surface area contributed by atoms with Gasteiger partial charge in [-0.25, -0.2) is 0 Å². The molecule has 3 aromatic carbocycles. The Balaban J connectivity index is 1.81. The fraction of sp³-hybridized carbons (Fsp3) is 0.176. The highest BCUT2D eigenvalue weighted by Crippen LogP contribution is 2.39. The summed E-state index contributed by atoms with van der Waals surface area (Å²) in [7, 11) is 0. The summed E-state index contributed by atoms with van der Waals surface area (Å²) in [5, 5.41) is 0. The van der Waals surface area contributed by atoms with Gasteiger partial charge in [-0.1, -0.05) is 74.2 Å². The molecule has 0 fully saturated rings. The molecule has 1 unspecified atom stereocenters. The van der Waals surface area contributed by atoms with Gasteiger partial charge in [0.1, 0.15) is 0 Å². The van der Waals surface area contributed by atoms with Gasteiger partial charge in [0, 0.05) is 34.1 Å². The second-order valence-electron chi connectivity index (χ2n) is 9.50. The number of benzene rings is 3. The molecular formula is C34H36N2. The maximum Gasteiger partial charge on any atom is 0.0490 e. The molecule has 0 spiro atoms. The van der Waals surface area contributed by atoms with Crippen molar-refractivity contribution in [2.45, 2.75) is 34.1 Å². The van der Waals surface area contributed by atoms with Crippen molar-refractivity contribution in [3.8, 4) is 0 Å². The highest BCUT2D eigenvalue weighted by atomic mass is 15.2. The van der Waals surface area contributed by atoms with E-state index in [0.717, 1.165) is 34.9 Å². The van der Waals surface area contributed by atoms with Crippen LogP contribution in [0.1, 0.15) is 31.4 Å². The predicted octanol–water partition coefficient (Wildman–Crippen LogP) is 9.71. The predicted molar refractivity (Wildman–Crippen MR) is 157 cm³/mol. The molecule has 0 amide bonds. The van der Waals surface area contributed by atoms with E-state index in [2.05, 4.69) is 136 Å². The Bertz CT molecular complexity index is 1320. The molecule has 0 aliphatic heterocycles. The van der Waals surface area contributed by atoms with Gasteiger partial charge >= 0.3 is 0 Å². The minimum atomic E-state index is 0.564. The average Bonchev–Trinajstić information content (AvgIpc) is 2.87. The topological polar surface area (TPSA) is 6.48 Å². The van der Waals surface area contributed by atoms with Crippen LogP contribution in [0.15, 0.2) is 133 Å². The molecule has 1 aliphatic carbocycles. The molecule has 1 aliphatic rings. The number of aryl methyl sites for hydroxylation is 2. The first kappa shape index (κ1) is 25.1. The third-order valence-electron chi connectivity index (χ3n) is 6.59. The first-order chi connectivity index (χ1) is 17.4. The summed E-state index contributed by atoms with van der Waals surface area (Å²) >= 11 is 0. The van der Waals surface area contributed by atoms with Crippen LogP contribution in [-0.2, 0) is 0 Å². The van der Waals surface area contributed by atoms with Gasteiger partial charge in [0.15, 0.2) is 0 Å². The Morgan fingerprint density at radius 3 is 2.14 bits per heavy atom. The van der Waals surface area contributed by atoms with Crippen molar-refractivity contribution in [3.63, 3.8) is 0 Å². The summed E-state index contributed by atoms with van der Waals surface area (Å²) in [6.07, 6.45) is 11.5. The molecule has 0 N–H and O–H groups in total. The van der Waals surface area contributed by atoms with Gasteiger partial charge < -0.3 is 9.80 Å². The fourth-order valence-electron chi connectivity index (χ4n) is 4.90. The molecule has 0 heterocycles. The lowest BCUT2D eigenvalue weighted by Gasteiger charge is -2.32. The number of rotatable bonds is 8. The Morgan fingerprint density at radius 2 is 1.53 bits per heavy atom. The van der Waals surface area contributed by atoms with Crippen molar-refractivity contribution in [1.82, 2.24) is 0 Å². The molecule has 0 saturated heterocycles. The van der Waals surface area contributed by atoms with E-state index in [-0.39, 0.29) is 0 Å². The zero-order valence-electron chi connectivity index (χ0n) is 21.9. The number of para-hydroxylation sites is 1. The number of nitrogens with zero attached hydrogens (tertiary/aromatic N) is 2. The van der Waals surface area contributed by atoms with Crippen LogP contribution >= 0.6 is 0 Å². The van der Waals surface area contributed by atoms with Gasteiger partial charge in [0.25, 0.3) is 0 Å². The molecule has 3 aromatic rings. The second-order valence-corrected chi connectivity index (χ2v) is 9.50. The SMILES string of the molecule is C=C/C=C(\C=C)N(c1ccc(N(C2=CCC(C)C=C2C)c2ccccc2)cc1)c1ccc(C)cc1C. The molecule has 36 heavy (non-hydrogen) atoms. The van der Waals surface area contributed by atoms with Crippen molar-refractivity contribution >= 4 is 22.7 Å². The molecule has 0 aromatic heterocycles. The molecule has 1 atom stereocenters. The lowest BCUT2D eigenvalue weighted by atomic mass is 9.95. The summed E-state index contributed by atoms with van der Waals surface area (Å²) in [6, 6.07) is 25.9.